The average molecular weight is 227 g/mol. The molecule has 1 heteroatoms. The highest BCUT2D eigenvalue weighted by molar-refractivity contribution is 5.01. The molecule has 0 aromatic heterocycles. The van der Waals surface area contributed by atoms with Crippen LogP contribution in [0.25, 0.3) is 0 Å². The Bertz CT molecular complexity index is 168. The quantitative estimate of drug-likeness (QED) is 0.689. The van der Waals surface area contributed by atoms with Crippen molar-refractivity contribution in [1.29, 1.82) is 0 Å². The Hall–Kier alpha value is -0.0400. The Morgan fingerprint density at radius 3 is 2.00 bits per heavy atom. The van der Waals surface area contributed by atoms with Gasteiger partial charge in [-0.25, -0.2) is 0 Å². The number of hydrogen-bond donors (Lipinski definition) is 1. The first-order chi connectivity index (χ1) is 7.40. The van der Waals surface area contributed by atoms with Gasteiger partial charge in [-0.1, -0.05) is 61.3 Å². The van der Waals surface area contributed by atoms with Crippen LogP contribution in [0.5, 0.6) is 0 Å². The van der Waals surface area contributed by atoms with Gasteiger partial charge in [0.25, 0.3) is 0 Å². The van der Waals surface area contributed by atoms with Gasteiger partial charge >= 0.3 is 0 Å². The molecule has 0 aromatic rings. The van der Waals surface area contributed by atoms with Crippen molar-refractivity contribution in [2.75, 3.05) is 6.54 Å². The van der Waals surface area contributed by atoms with Gasteiger partial charge in [-0.2, -0.15) is 0 Å². The van der Waals surface area contributed by atoms with E-state index in [9.17, 15) is 0 Å². The Balaban J connectivity index is 0.00000106. The Kier molecular flexibility index (Phi) is 6.62. The summed E-state index contributed by atoms with van der Waals surface area (Å²) in [4.78, 5) is 0. The fraction of sp³-hybridized carbons (Fsp3) is 1.00. The average Bonchev–Trinajstić information content (AvgIpc) is 2.45. The van der Waals surface area contributed by atoms with E-state index in [2.05, 4.69) is 39.9 Å². The van der Waals surface area contributed by atoms with Crippen LogP contribution >= 0.6 is 0 Å². The lowest BCUT2D eigenvalue weighted by Crippen LogP contribution is -2.58. The molecular weight excluding hydrogens is 194 g/mol. The zero-order valence-electron chi connectivity index (χ0n) is 12.6. The van der Waals surface area contributed by atoms with Crippen molar-refractivity contribution in [1.82, 2.24) is 5.32 Å². The second-order valence-corrected chi connectivity index (χ2v) is 6.11. The first-order valence-corrected chi connectivity index (χ1v) is 7.15. The minimum atomic E-state index is 0.351. The molecule has 0 aromatic carbocycles. The maximum atomic E-state index is 3.83. The topological polar surface area (TPSA) is 12.0 Å². The molecule has 0 aliphatic carbocycles. The predicted octanol–water partition coefficient (Wildman–Crippen LogP) is 4.62. The second-order valence-electron chi connectivity index (χ2n) is 6.11. The maximum Gasteiger partial charge on any atom is 0.0252 e. The molecular formula is C15H33N. The predicted molar refractivity (Wildman–Crippen MR) is 74.8 cm³/mol. The van der Waals surface area contributed by atoms with E-state index in [-0.39, 0.29) is 0 Å². The van der Waals surface area contributed by atoms with Gasteiger partial charge in [-0.05, 0) is 30.7 Å². The van der Waals surface area contributed by atoms with E-state index in [0.717, 1.165) is 5.92 Å². The molecule has 0 bridgehead atoms. The van der Waals surface area contributed by atoms with Crippen LogP contribution in [0.2, 0.25) is 0 Å². The molecule has 0 spiro atoms. The van der Waals surface area contributed by atoms with Crippen LogP contribution in [0.4, 0.5) is 0 Å². The molecule has 0 amide bonds. The SMILES string of the molecule is CC.CC(C)C1(C(C)(C)C)CCCCCN1. The normalized spacial score (nSPS) is 27.0. The first kappa shape index (κ1) is 16.0. The number of nitrogens with one attached hydrogen (secondary N) is 1. The van der Waals surface area contributed by atoms with Crippen LogP contribution in [0.1, 0.15) is 74.1 Å². The van der Waals surface area contributed by atoms with E-state index in [4.69, 9.17) is 0 Å². The highest BCUT2D eigenvalue weighted by atomic mass is 15.0. The van der Waals surface area contributed by atoms with Crippen molar-refractivity contribution < 1.29 is 0 Å². The van der Waals surface area contributed by atoms with Gasteiger partial charge in [0, 0.05) is 5.54 Å². The highest BCUT2D eigenvalue weighted by Crippen LogP contribution is 2.41. The van der Waals surface area contributed by atoms with Gasteiger partial charge in [-0.15, -0.1) is 0 Å². The summed E-state index contributed by atoms with van der Waals surface area (Å²) < 4.78 is 0. The zero-order valence-corrected chi connectivity index (χ0v) is 12.6. The van der Waals surface area contributed by atoms with Gasteiger partial charge in [-0.3, -0.25) is 0 Å². The summed E-state index contributed by atoms with van der Waals surface area (Å²) in [5, 5.41) is 3.83. The van der Waals surface area contributed by atoms with Crippen LogP contribution in [-0.4, -0.2) is 12.1 Å². The van der Waals surface area contributed by atoms with Crippen LogP contribution in [0, 0.1) is 11.3 Å². The fourth-order valence-electron chi connectivity index (χ4n) is 3.10. The minimum Gasteiger partial charge on any atom is -0.310 e. The van der Waals surface area contributed by atoms with Gasteiger partial charge in [0.2, 0.25) is 0 Å². The van der Waals surface area contributed by atoms with Crippen molar-refractivity contribution in [3.63, 3.8) is 0 Å². The summed E-state index contributed by atoms with van der Waals surface area (Å²) in [6, 6.07) is 0. The summed E-state index contributed by atoms with van der Waals surface area (Å²) in [5.74, 6) is 0.723. The lowest BCUT2D eigenvalue weighted by atomic mass is 9.65. The van der Waals surface area contributed by atoms with E-state index >= 15 is 0 Å². The van der Waals surface area contributed by atoms with Gasteiger partial charge in [0.05, 0.1) is 0 Å². The molecule has 1 saturated heterocycles. The summed E-state index contributed by atoms with van der Waals surface area (Å²) in [7, 11) is 0. The highest BCUT2D eigenvalue weighted by Gasteiger charge is 2.43. The molecule has 0 saturated carbocycles. The number of rotatable bonds is 1. The molecule has 1 aliphatic heterocycles. The van der Waals surface area contributed by atoms with E-state index in [1.807, 2.05) is 13.8 Å². The maximum absolute atomic E-state index is 3.83. The first-order valence-electron chi connectivity index (χ1n) is 7.15. The molecule has 1 aliphatic rings. The third-order valence-corrected chi connectivity index (χ3v) is 4.01. The van der Waals surface area contributed by atoms with Crippen LogP contribution < -0.4 is 5.32 Å². The molecule has 1 heterocycles. The Morgan fingerprint density at radius 1 is 1.00 bits per heavy atom. The largest absolute Gasteiger partial charge is 0.310 e. The van der Waals surface area contributed by atoms with Gasteiger partial charge in [0.1, 0.15) is 0 Å². The minimum absolute atomic E-state index is 0.351. The van der Waals surface area contributed by atoms with Crippen LogP contribution in [0.3, 0.4) is 0 Å². The standard InChI is InChI=1S/C13H27N.C2H6/c1-11(2)13(12(3,4)5)9-7-6-8-10-14-13;1-2/h11,14H,6-10H2,1-5H3;1-2H3. The van der Waals surface area contributed by atoms with Crippen molar-refractivity contribution in [2.45, 2.75) is 79.7 Å². The van der Waals surface area contributed by atoms with Crippen molar-refractivity contribution >= 4 is 0 Å². The van der Waals surface area contributed by atoms with E-state index in [1.165, 1.54) is 32.2 Å². The monoisotopic (exact) mass is 227 g/mol. The van der Waals surface area contributed by atoms with Crippen molar-refractivity contribution in [3.05, 3.63) is 0 Å². The van der Waals surface area contributed by atoms with Crippen LogP contribution in [-0.2, 0) is 0 Å². The summed E-state index contributed by atoms with van der Waals surface area (Å²) in [6.45, 7) is 17.1. The van der Waals surface area contributed by atoms with Crippen molar-refractivity contribution in [3.8, 4) is 0 Å². The molecule has 0 radical (unpaired) electrons. The van der Waals surface area contributed by atoms with Gasteiger partial charge < -0.3 is 5.32 Å². The van der Waals surface area contributed by atoms with E-state index in [0.29, 0.717) is 11.0 Å². The molecule has 1 atom stereocenters. The zero-order chi connectivity index (χ0) is 12.8. The van der Waals surface area contributed by atoms with Crippen LogP contribution in [0.15, 0.2) is 0 Å². The lowest BCUT2D eigenvalue weighted by molar-refractivity contribution is 0.0786. The molecule has 1 rings (SSSR count). The molecule has 1 fully saturated rings. The summed E-state index contributed by atoms with van der Waals surface area (Å²) >= 11 is 0. The fourth-order valence-corrected chi connectivity index (χ4v) is 3.10. The Morgan fingerprint density at radius 2 is 1.56 bits per heavy atom. The third-order valence-electron chi connectivity index (χ3n) is 4.01. The van der Waals surface area contributed by atoms with Gasteiger partial charge in [0.15, 0.2) is 0 Å². The molecule has 1 nitrogen and oxygen atoms in total. The molecule has 16 heavy (non-hydrogen) atoms. The Labute approximate surface area is 103 Å². The smallest absolute Gasteiger partial charge is 0.0252 e. The van der Waals surface area contributed by atoms with E-state index < -0.39 is 0 Å². The summed E-state index contributed by atoms with van der Waals surface area (Å²) in [6.07, 6.45) is 5.48. The second kappa shape index (κ2) is 6.64. The van der Waals surface area contributed by atoms with E-state index in [1.54, 1.807) is 0 Å². The molecule has 1 unspecified atom stereocenters. The molecule has 98 valence electrons. The number of hydrogen-bond acceptors (Lipinski definition) is 1. The lowest BCUT2D eigenvalue weighted by Gasteiger charge is -2.48. The summed E-state index contributed by atoms with van der Waals surface area (Å²) in [5.41, 5.74) is 0.717. The molecule has 1 N–H and O–H groups in total. The van der Waals surface area contributed by atoms with Crippen molar-refractivity contribution in [2.24, 2.45) is 11.3 Å². The third kappa shape index (κ3) is 3.48.